The zero-order valence-electron chi connectivity index (χ0n) is 21.1. The highest BCUT2D eigenvalue weighted by molar-refractivity contribution is 5.93. The van der Waals surface area contributed by atoms with Gasteiger partial charge in [-0.3, -0.25) is 9.59 Å². The first-order valence-corrected chi connectivity index (χ1v) is 13.6. The zero-order valence-corrected chi connectivity index (χ0v) is 21.1. The standard InChI is InChI=1S/C31H41NO3/c33-29-23-24-35-30-22-21-27(25-28(29)30)32-31(34)20-16-11-9-7-5-3-1-2-4-6-8-10-13-17-26-18-14-12-15-19-26/h12,14-15,18-19,21-25H,1-11,13,16-17,20H2,(H,32,34). The number of aryl methyl sites for hydroxylation is 1. The number of amides is 1. The summed E-state index contributed by atoms with van der Waals surface area (Å²) in [6, 6.07) is 17.4. The van der Waals surface area contributed by atoms with Crippen LogP contribution in [0.15, 0.2) is 70.1 Å². The van der Waals surface area contributed by atoms with Gasteiger partial charge in [-0.2, -0.15) is 0 Å². The first kappa shape index (κ1) is 26.7. The number of nitrogens with one attached hydrogen (secondary N) is 1. The number of carbonyl (C=O) groups is 1. The van der Waals surface area contributed by atoms with E-state index in [9.17, 15) is 9.59 Å². The smallest absolute Gasteiger partial charge is 0.224 e. The lowest BCUT2D eigenvalue weighted by Crippen LogP contribution is -2.11. The maximum atomic E-state index is 12.2. The van der Waals surface area contributed by atoms with Gasteiger partial charge in [0.2, 0.25) is 5.91 Å². The number of fused-ring (bicyclic) bond motifs is 1. The van der Waals surface area contributed by atoms with E-state index in [2.05, 4.69) is 35.6 Å². The van der Waals surface area contributed by atoms with E-state index < -0.39 is 0 Å². The van der Waals surface area contributed by atoms with E-state index in [0.717, 1.165) is 12.8 Å². The van der Waals surface area contributed by atoms with Gasteiger partial charge in [0, 0.05) is 18.2 Å². The molecule has 0 radical (unpaired) electrons. The molecule has 1 N–H and O–H groups in total. The lowest BCUT2D eigenvalue weighted by Gasteiger charge is -2.06. The van der Waals surface area contributed by atoms with Crippen LogP contribution in [0.3, 0.4) is 0 Å². The van der Waals surface area contributed by atoms with Crippen molar-refractivity contribution in [1.82, 2.24) is 0 Å². The Morgan fingerprint density at radius 3 is 1.94 bits per heavy atom. The molecule has 0 atom stereocenters. The second kappa shape index (κ2) is 15.9. The van der Waals surface area contributed by atoms with Crippen molar-refractivity contribution in [2.75, 3.05) is 5.32 Å². The Morgan fingerprint density at radius 1 is 0.686 bits per heavy atom. The van der Waals surface area contributed by atoms with Gasteiger partial charge in [0.25, 0.3) is 0 Å². The number of unbranched alkanes of at least 4 members (excludes halogenated alkanes) is 12. The number of rotatable bonds is 17. The van der Waals surface area contributed by atoms with Crippen LogP contribution in [0.2, 0.25) is 0 Å². The Morgan fingerprint density at radius 2 is 1.29 bits per heavy atom. The molecule has 0 aliphatic rings. The minimum atomic E-state index is -0.100. The molecule has 1 amide bonds. The molecule has 188 valence electrons. The van der Waals surface area contributed by atoms with Gasteiger partial charge in [0.15, 0.2) is 5.43 Å². The fraction of sp³-hybridized carbons (Fsp3) is 0.484. The average molecular weight is 476 g/mol. The Bertz CT molecular complexity index is 1060. The quantitative estimate of drug-likeness (QED) is 0.199. The Balaban J connectivity index is 1.10. The molecule has 0 unspecified atom stereocenters. The predicted molar refractivity (Wildman–Crippen MR) is 146 cm³/mol. The number of benzene rings is 2. The van der Waals surface area contributed by atoms with Crippen LogP contribution in [0.25, 0.3) is 11.0 Å². The third-order valence-electron chi connectivity index (χ3n) is 6.66. The summed E-state index contributed by atoms with van der Waals surface area (Å²) in [4.78, 5) is 24.1. The molecule has 1 aromatic heterocycles. The highest BCUT2D eigenvalue weighted by atomic mass is 16.3. The summed E-state index contributed by atoms with van der Waals surface area (Å²) in [5, 5.41) is 3.39. The molecule has 4 heteroatoms. The highest BCUT2D eigenvalue weighted by Gasteiger charge is 2.06. The summed E-state index contributed by atoms with van der Waals surface area (Å²) < 4.78 is 5.31. The van der Waals surface area contributed by atoms with Gasteiger partial charge in [0.05, 0.1) is 11.6 Å². The largest absolute Gasteiger partial charge is 0.464 e. The second-order valence-electron chi connectivity index (χ2n) is 9.63. The van der Waals surface area contributed by atoms with Gasteiger partial charge in [-0.25, -0.2) is 0 Å². The third-order valence-corrected chi connectivity index (χ3v) is 6.66. The zero-order chi connectivity index (χ0) is 24.6. The summed E-state index contributed by atoms with van der Waals surface area (Å²) >= 11 is 0. The molecule has 3 aromatic rings. The summed E-state index contributed by atoms with van der Waals surface area (Å²) in [6.07, 6.45) is 19.8. The summed E-state index contributed by atoms with van der Waals surface area (Å²) in [7, 11) is 0. The molecular weight excluding hydrogens is 434 g/mol. The number of hydrogen-bond donors (Lipinski definition) is 1. The highest BCUT2D eigenvalue weighted by Crippen LogP contribution is 2.17. The molecule has 0 fully saturated rings. The van der Waals surface area contributed by atoms with E-state index in [0.29, 0.717) is 23.1 Å². The van der Waals surface area contributed by atoms with E-state index in [1.807, 2.05) is 0 Å². The summed E-state index contributed by atoms with van der Waals surface area (Å²) in [5.74, 6) is 0.00438. The molecule has 35 heavy (non-hydrogen) atoms. The first-order valence-electron chi connectivity index (χ1n) is 13.6. The van der Waals surface area contributed by atoms with Crippen molar-refractivity contribution in [3.8, 4) is 0 Å². The Hall–Kier alpha value is -2.88. The van der Waals surface area contributed by atoms with Gasteiger partial charge in [-0.05, 0) is 43.0 Å². The monoisotopic (exact) mass is 475 g/mol. The van der Waals surface area contributed by atoms with Crippen LogP contribution in [-0.4, -0.2) is 5.91 Å². The third kappa shape index (κ3) is 10.5. The first-order chi connectivity index (χ1) is 17.2. The second-order valence-corrected chi connectivity index (χ2v) is 9.63. The number of anilines is 1. The topological polar surface area (TPSA) is 59.3 Å². The maximum Gasteiger partial charge on any atom is 0.224 e. The van der Waals surface area contributed by atoms with Crippen molar-refractivity contribution in [2.45, 2.75) is 96.3 Å². The van der Waals surface area contributed by atoms with E-state index in [4.69, 9.17) is 4.42 Å². The predicted octanol–water partition coefficient (Wildman–Crippen LogP) is 8.44. The van der Waals surface area contributed by atoms with Crippen molar-refractivity contribution < 1.29 is 9.21 Å². The van der Waals surface area contributed by atoms with Crippen LogP contribution in [0, 0.1) is 0 Å². The molecule has 1 heterocycles. The normalized spacial score (nSPS) is 11.1. The van der Waals surface area contributed by atoms with E-state index >= 15 is 0 Å². The van der Waals surface area contributed by atoms with Gasteiger partial charge in [0.1, 0.15) is 5.58 Å². The van der Waals surface area contributed by atoms with Gasteiger partial charge < -0.3 is 9.73 Å². The fourth-order valence-corrected chi connectivity index (χ4v) is 4.59. The molecule has 0 saturated carbocycles. The van der Waals surface area contributed by atoms with Gasteiger partial charge in [-0.15, -0.1) is 0 Å². The molecule has 0 aliphatic heterocycles. The van der Waals surface area contributed by atoms with Crippen molar-refractivity contribution in [2.24, 2.45) is 0 Å². The van der Waals surface area contributed by atoms with Crippen LogP contribution < -0.4 is 10.7 Å². The molecule has 2 aromatic carbocycles. The minimum Gasteiger partial charge on any atom is -0.464 e. The molecule has 4 nitrogen and oxygen atoms in total. The molecule has 0 aliphatic carbocycles. The fourth-order valence-electron chi connectivity index (χ4n) is 4.59. The van der Waals surface area contributed by atoms with Crippen LogP contribution in [0.4, 0.5) is 5.69 Å². The van der Waals surface area contributed by atoms with Gasteiger partial charge in [-0.1, -0.05) is 101 Å². The maximum absolute atomic E-state index is 12.2. The molecule has 3 rings (SSSR count). The number of hydrogen-bond acceptors (Lipinski definition) is 3. The Labute approximate surface area is 210 Å². The van der Waals surface area contributed by atoms with E-state index in [-0.39, 0.29) is 11.3 Å². The SMILES string of the molecule is O=C(CCCCCCCCCCCCCCCc1ccccc1)Nc1ccc2occc(=O)c2c1. The number of carbonyl (C=O) groups excluding carboxylic acids is 1. The van der Waals surface area contributed by atoms with Gasteiger partial charge >= 0.3 is 0 Å². The van der Waals surface area contributed by atoms with E-state index in [1.165, 1.54) is 94.9 Å². The van der Waals surface area contributed by atoms with Crippen LogP contribution in [0.1, 0.15) is 95.5 Å². The lowest BCUT2D eigenvalue weighted by atomic mass is 10.0. The minimum absolute atomic E-state index is 0.00438. The van der Waals surface area contributed by atoms with Crippen molar-refractivity contribution in [1.29, 1.82) is 0 Å². The molecule has 0 bridgehead atoms. The van der Waals surface area contributed by atoms with E-state index in [1.54, 1.807) is 18.2 Å². The summed E-state index contributed by atoms with van der Waals surface area (Å²) in [6.45, 7) is 0. The average Bonchev–Trinajstić information content (AvgIpc) is 2.87. The lowest BCUT2D eigenvalue weighted by molar-refractivity contribution is -0.116. The molecular formula is C31H41NO3. The summed E-state index contributed by atoms with van der Waals surface area (Å²) in [5.41, 5.74) is 2.55. The van der Waals surface area contributed by atoms with Crippen molar-refractivity contribution in [3.63, 3.8) is 0 Å². The van der Waals surface area contributed by atoms with Crippen LogP contribution in [-0.2, 0) is 11.2 Å². The van der Waals surface area contributed by atoms with Crippen LogP contribution >= 0.6 is 0 Å². The van der Waals surface area contributed by atoms with Crippen molar-refractivity contribution in [3.05, 3.63) is 76.6 Å². The molecule has 0 spiro atoms. The molecule has 0 saturated heterocycles. The van der Waals surface area contributed by atoms with Crippen LogP contribution in [0.5, 0.6) is 0 Å². The Kier molecular flexibility index (Phi) is 12.1. The van der Waals surface area contributed by atoms with Crippen molar-refractivity contribution >= 4 is 22.6 Å².